The zero-order valence-electron chi connectivity index (χ0n) is 10.1. The summed E-state index contributed by atoms with van der Waals surface area (Å²) >= 11 is 0. The molecule has 0 amide bonds. The molecular formula is C14H16BNO. The maximum Gasteiger partial charge on any atom is 0.406 e. The largest absolute Gasteiger partial charge is 0.433 e. The molecule has 0 aliphatic rings. The van der Waals surface area contributed by atoms with Gasteiger partial charge in [0.1, 0.15) is 0 Å². The minimum absolute atomic E-state index is 0.528. The second kappa shape index (κ2) is 5.06. The van der Waals surface area contributed by atoms with Crippen LogP contribution < -0.4 is 5.23 Å². The Bertz CT molecular complexity index is 494. The van der Waals surface area contributed by atoms with Crippen LogP contribution in [0.25, 0.3) is 11.1 Å². The quantitative estimate of drug-likeness (QED) is 0.786. The van der Waals surface area contributed by atoms with Gasteiger partial charge in [-0.25, -0.2) is 0 Å². The van der Waals surface area contributed by atoms with Gasteiger partial charge in [0.25, 0.3) is 0 Å². The lowest BCUT2D eigenvalue weighted by Gasteiger charge is -2.08. The molecule has 17 heavy (non-hydrogen) atoms. The van der Waals surface area contributed by atoms with E-state index in [9.17, 15) is 5.02 Å². The van der Waals surface area contributed by atoms with Crippen molar-refractivity contribution in [3.8, 4) is 11.1 Å². The Hall–Kier alpha value is -1.74. The van der Waals surface area contributed by atoms with Gasteiger partial charge in [0.2, 0.25) is 0 Å². The topological polar surface area (TPSA) is 32.3 Å². The van der Waals surface area contributed by atoms with Crippen LogP contribution in [0.3, 0.4) is 0 Å². The van der Waals surface area contributed by atoms with Crippen molar-refractivity contribution in [3.63, 3.8) is 0 Å². The third-order valence-corrected chi connectivity index (χ3v) is 2.61. The number of anilines is 1. The Labute approximate surface area is 102 Å². The van der Waals surface area contributed by atoms with Crippen molar-refractivity contribution in [2.75, 3.05) is 5.23 Å². The number of rotatable bonds is 3. The van der Waals surface area contributed by atoms with E-state index in [-0.39, 0.29) is 0 Å². The Morgan fingerprint density at radius 2 is 1.71 bits per heavy atom. The van der Waals surface area contributed by atoms with Crippen LogP contribution in [0.2, 0.25) is 6.82 Å². The maximum atomic E-state index is 9.22. The summed E-state index contributed by atoms with van der Waals surface area (Å²) in [5.74, 6) is 0. The molecule has 2 N–H and O–H groups in total. The lowest BCUT2D eigenvalue weighted by molar-refractivity contribution is 0.587. The molecule has 0 heterocycles. The van der Waals surface area contributed by atoms with Crippen LogP contribution in [-0.2, 0) is 0 Å². The molecular weight excluding hydrogens is 209 g/mol. The molecule has 0 aliphatic carbocycles. The van der Waals surface area contributed by atoms with Gasteiger partial charge in [-0.2, -0.15) is 0 Å². The SMILES string of the molecule is CB(O)Nc1ccc(-c2cccc(C)c2)cc1. The first-order chi connectivity index (χ1) is 8.15. The molecule has 0 fully saturated rings. The molecule has 0 saturated carbocycles. The normalized spacial score (nSPS) is 10.1. The van der Waals surface area contributed by atoms with Gasteiger partial charge in [0.15, 0.2) is 0 Å². The van der Waals surface area contributed by atoms with Gasteiger partial charge in [-0.1, -0.05) is 42.0 Å². The highest BCUT2D eigenvalue weighted by Crippen LogP contribution is 2.22. The Kier molecular flexibility index (Phi) is 3.50. The highest BCUT2D eigenvalue weighted by molar-refractivity contribution is 6.52. The first kappa shape index (κ1) is 11.7. The molecule has 0 spiro atoms. The molecule has 2 nitrogen and oxygen atoms in total. The number of hydrogen-bond donors (Lipinski definition) is 2. The van der Waals surface area contributed by atoms with E-state index < -0.39 is 7.05 Å². The Morgan fingerprint density at radius 3 is 2.29 bits per heavy atom. The minimum atomic E-state index is -0.528. The minimum Gasteiger partial charge on any atom is -0.433 e. The van der Waals surface area contributed by atoms with Gasteiger partial charge in [0.05, 0.1) is 0 Å². The second-order valence-corrected chi connectivity index (χ2v) is 4.27. The van der Waals surface area contributed by atoms with Crippen molar-refractivity contribution in [1.29, 1.82) is 0 Å². The lowest BCUT2D eigenvalue weighted by atomic mass is 9.88. The van der Waals surface area contributed by atoms with Crippen molar-refractivity contribution in [3.05, 3.63) is 54.1 Å². The summed E-state index contributed by atoms with van der Waals surface area (Å²) in [5.41, 5.74) is 4.59. The van der Waals surface area contributed by atoms with Gasteiger partial charge < -0.3 is 10.3 Å². The monoisotopic (exact) mass is 225 g/mol. The van der Waals surface area contributed by atoms with E-state index in [2.05, 4.69) is 48.5 Å². The van der Waals surface area contributed by atoms with Crippen molar-refractivity contribution in [1.82, 2.24) is 0 Å². The molecule has 86 valence electrons. The predicted octanol–water partition coefficient (Wildman–Crippen LogP) is 3.18. The van der Waals surface area contributed by atoms with Crippen molar-refractivity contribution in [2.45, 2.75) is 13.7 Å². The van der Waals surface area contributed by atoms with Gasteiger partial charge >= 0.3 is 7.05 Å². The summed E-state index contributed by atoms with van der Waals surface area (Å²) in [5, 5.41) is 12.2. The van der Waals surface area contributed by atoms with Crippen molar-refractivity contribution >= 4 is 12.7 Å². The van der Waals surface area contributed by atoms with Crippen LogP contribution in [0.4, 0.5) is 5.69 Å². The first-order valence-electron chi connectivity index (χ1n) is 5.77. The molecule has 2 rings (SSSR count). The molecule has 0 aliphatic heterocycles. The predicted molar refractivity (Wildman–Crippen MR) is 74.1 cm³/mol. The van der Waals surface area contributed by atoms with E-state index in [0.29, 0.717) is 0 Å². The van der Waals surface area contributed by atoms with Gasteiger partial charge in [-0.15, -0.1) is 0 Å². The zero-order chi connectivity index (χ0) is 12.3. The molecule has 0 aromatic heterocycles. The van der Waals surface area contributed by atoms with E-state index in [0.717, 1.165) is 5.69 Å². The summed E-state index contributed by atoms with van der Waals surface area (Å²) in [7, 11) is -0.528. The third-order valence-electron chi connectivity index (χ3n) is 2.61. The average Bonchev–Trinajstić information content (AvgIpc) is 2.29. The fourth-order valence-electron chi connectivity index (χ4n) is 1.82. The molecule has 2 aromatic rings. The Balaban J connectivity index is 2.23. The molecule has 0 atom stereocenters. The second-order valence-electron chi connectivity index (χ2n) is 4.27. The third kappa shape index (κ3) is 3.11. The molecule has 3 heteroatoms. The molecule has 2 aromatic carbocycles. The Morgan fingerprint density at radius 1 is 1.00 bits per heavy atom. The number of benzene rings is 2. The highest BCUT2D eigenvalue weighted by atomic mass is 16.2. The number of aryl methyl sites for hydroxylation is 1. The van der Waals surface area contributed by atoms with E-state index in [1.54, 1.807) is 6.82 Å². The standard InChI is InChI=1S/C14H16BNO/c1-11-4-3-5-13(10-11)12-6-8-14(9-7-12)16-15(2)17/h3-10,16-17H,1-2H3. The summed E-state index contributed by atoms with van der Waals surface area (Å²) < 4.78 is 0. The van der Waals surface area contributed by atoms with Gasteiger partial charge in [-0.3, -0.25) is 0 Å². The van der Waals surface area contributed by atoms with Crippen LogP contribution in [0.15, 0.2) is 48.5 Å². The zero-order valence-corrected chi connectivity index (χ0v) is 10.1. The summed E-state index contributed by atoms with van der Waals surface area (Å²) in [6.07, 6.45) is 0. The first-order valence-corrected chi connectivity index (χ1v) is 5.77. The van der Waals surface area contributed by atoms with Crippen LogP contribution in [0, 0.1) is 6.92 Å². The van der Waals surface area contributed by atoms with Crippen LogP contribution in [-0.4, -0.2) is 12.1 Å². The van der Waals surface area contributed by atoms with Gasteiger partial charge in [-0.05, 0) is 37.0 Å². The molecule has 0 saturated heterocycles. The molecule has 0 bridgehead atoms. The van der Waals surface area contributed by atoms with Crippen LogP contribution in [0.1, 0.15) is 5.56 Å². The fourth-order valence-corrected chi connectivity index (χ4v) is 1.82. The van der Waals surface area contributed by atoms with Gasteiger partial charge in [0, 0.05) is 5.69 Å². The summed E-state index contributed by atoms with van der Waals surface area (Å²) in [6.45, 7) is 3.79. The number of hydrogen-bond acceptors (Lipinski definition) is 2. The maximum absolute atomic E-state index is 9.22. The van der Waals surface area contributed by atoms with Crippen LogP contribution >= 0.6 is 0 Å². The van der Waals surface area contributed by atoms with E-state index in [1.165, 1.54) is 16.7 Å². The van der Waals surface area contributed by atoms with Crippen molar-refractivity contribution < 1.29 is 5.02 Å². The lowest BCUT2D eigenvalue weighted by Crippen LogP contribution is -2.19. The number of nitrogens with one attached hydrogen (secondary N) is 1. The fraction of sp³-hybridized carbons (Fsp3) is 0.143. The van der Waals surface area contributed by atoms with E-state index >= 15 is 0 Å². The molecule has 0 radical (unpaired) electrons. The average molecular weight is 225 g/mol. The van der Waals surface area contributed by atoms with Crippen molar-refractivity contribution in [2.24, 2.45) is 0 Å². The summed E-state index contributed by atoms with van der Waals surface area (Å²) in [4.78, 5) is 0. The smallest absolute Gasteiger partial charge is 0.406 e. The van der Waals surface area contributed by atoms with Crippen LogP contribution in [0.5, 0.6) is 0 Å². The van der Waals surface area contributed by atoms with E-state index in [4.69, 9.17) is 0 Å². The molecule has 0 unspecified atom stereocenters. The summed E-state index contributed by atoms with van der Waals surface area (Å²) in [6, 6.07) is 16.5. The van der Waals surface area contributed by atoms with E-state index in [1.807, 2.05) is 12.1 Å². The highest BCUT2D eigenvalue weighted by Gasteiger charge is 2.03.